The zero-order chi connectivity index (χ0) is 14.9. The Bertz CT molecular complexity index is 521. The molecule has 1 N–H and O–H groups in total. The molecule has 0 aromatic carbocycles. The normalized spacial score (nSPS) is 20.2. The number of carbonyl (C=O) groups is 2. The smallest absolute Gasteiger partial charge is 0.246 e. The minimum Gasteiger partial charge on any atom is -0.342 e. The van der Waals surface area contributed by atoms with E-state index in [1.54, 1.807) is 16.2 Å². The molecule has 1 aromatic rings. The van der Waals surface area contributed by atoms with Gasteiger partial charge in [-0.2, -0.15) is 0 Å². The summed E-state index contributed by atoms with van der Waals surface area (Å²) in [4.78, 5) is 27.1. The van der Waals surface area contributed by atoms with Crippen molar-refractivity contribution in [2.75, 3.05) is 13.1 Å². The summed E-state index contributed by atoms with van der Waals surface area (Å²) < 4.78 is 1.09. The zero-order valence-corrected chi connectivity index (χ0v) is 14.3. The van der Waals surface area contributed by atoms with Gasteiger partial charge in [-0.15, -0.1) is 11.3 Å². The van der Waals surface area contributed by atoms with Crippen LogP contribution < -0.4 is 5.32 Å². The molecule has 2 heterocycles. The maximum atomic E-state index is 12.4. The lowest BCUT2D eigenvalue weighted by Crippen LogP contribution is -2.62. The lowest BCUT2D eigenvalue weighted by molar-refractivity contribution is -0.147. The summed E-state index contributed by atoms with van der Waals surface area (Å²) in [6, 6.07) is 3.62. The molecule has 0 saturated carbocycles. The van der Waals surface area contributed by atoms with Crippen LogP contribution in [0.15, 0.2) is 15.9 Å². The van der Waals surface area contributed by atoms with Crippen molar-refractivity contribution in [3.63, 3.8) is 0 Å². The van der Waals surface area contributed by atoms with E-state index in [0.29, 0.717) is 6.54 Å². The molecule has 0 radical (unpaired) electrons. The van der Waals surface area contributed by atoms with E-state index < -0.39 is 6.04 Å². The van der Waals surface area contributed by atoms with Gasteiger partial charge in [0, 0.05) is 11.4 Å². The van der Waals surface area contributed by atoms with E-state index in [1.165, 1.54) is 4.88 Å². The first kappa shape index (κ1) is 15.5. The molecule has 1 atom stereocenters. The van der Waals surface area contributed by atoms with Crippen molar-refractivity contribution >= 4 is 39.1 Å². The van der Waals surface area contributed by atoms with Gasteiger partial charge in [0.25, 0.3) is 0 Å². The van der Waals surface area contributed by atoms with Gasteiger partial charge in [-0.1, -0.05) is 20.8 Å². The van der Waals surface area contributed by atoms with Crippen molar-refractivity contribution in [1.29, 1.82) is 0 Å². The van der Waals surface area contributed by atoms with Crippen molar-refractivity contribution in [2.45, 2.75) is 33.2 Å². The van der Waals surface area contributed by atoms with Crippen LogP contribution in [0.1, 0.15) is 25.6 Å². The van der Waals surface area contributed by atoms with Crippen LogP contribution in [-0.4, -0.2) is 35.8 Å². The van der Waals surface area contributed by atoms with Gasteiger partial charge in [0.05, 0.1) is 10.3 Å². The highest BCUT2D eigenvalue weighted by molar-refractivity contribution is 9.11. The summed E-state index contributed by atoms with van der Waals surface area (Å²) in [5.74, 6) is -0.0513. The molecule has 2 amide bonds. The topological polar surface area (TPSA) is 49.4 Å². The number of nitrogens with zero attached hydrogens (tertiary/aromatic N) is 1. The number of halogens is 1. The Hall–Kier alpha value is -0.880. The van der Waals surface area contributed by atoms with Crippen molar-refractivity contribution in [2.24, 2.45) is 5.41 Å². The van der Waals surface area contributed by atoms with Gasteiger partial charge < -0.3 is 10.2 Å². The van der Waals surface area contributed by atoms with Crippen LogP contribution in [0.25, 0.3) is 0 Å². The standard InChI is InChI=1S/C14H19BrN2O2S/c1-14(2,3)12-13(19)17(8-11(18)16-12)7-6-9-4-5-10(15)20-9/h4-5,12H,6-8H2,1-3H3,(H,16,18). The highest BCUT2D eigenvalue weighted by atomic mass is 79.9. The Morgan fingerprint density at radius 2 is 2.10 bits per heavy atom. The highest BCUT2D eigenvalue weighted by Gasteiger charge is 2.39. The van der Waals surface area contributed by atoms with Crippen LogP contribution in [0, 0.1) is 5.41 Å². The van der Waals surface area contributed by atoms with Crippen molar-refractivity contribution in [3.05, 3.63) is 20.8 Å². The van der Waals surface area contributed by atoms with Gasteiger partial charge in [-0.3, -0.25) is 9.59 Å². The molecule has 1 aliphatic heterocycles. The molecule has 0 spiro atoms. The van der Waals surface area contributed by atoms with Gasteiger partial charge in [0.2, 0.25) is 11.8 Å². The number of nitrogens with one attached hydrogen (secondary N) is 1. The average molecular weight is 359 g/mol. The zero-order valence-electron chi connectivity index (χ0n) is 11.9. The Labute approximate surface area is 131 Å². The van der Waals surface area contributed by atoms with Crippen LogP contribution in [0.4, 0.5) is 0 Å². The first-order valence-electron chi connectivity index (χ1n) is 6.60. The van der Waals surface area contributed by atoms with Crippen molar-refractivity contribution in [3.8, 4) is 0 Å². The molecule has 1 saturated heterocycles. The minimum absolute atomic E-state index is 0.0210. The van der Waals surface area contributed by atoms with Gasteiger partial charge in [-0.25, -0.2) is 0 Å². The SMILES string of the molecule is CC(C)(C)C1NC(=O)CN(CCc2ccc(Br)s2)C1=O. The predicted octanol–water partition coefficient (Wildman–Crippen LogP) is 2.43. The van der Waals surface area contributed by atoms with Crippen LogP contribution >= 0.6 is 27.3 Å². The number of amides is 2. The number of carbonyl (C=O) groups excluding carboxylic acids is 2. The minimum atomic E-state index is -0.432. The van der Waals surface area contributed by atoms with E-state index in [1.807, 2.05) is 32.9 Å². The molecule has 1 aliphatic rings. The second-order valence-corrected chi connectivity index (χ2v) is 8.63. The van der Waals surface area contributed by atoms with E-state index in [9.17, 15) is 9.59 Å². The highest BCUT2D eigenvalue weighted by Crippen LogP contribution is 2.25. The summed E-state index contributed by atoms with van der Waals surface area (Å²) >= 11 is 5.09. The third kappa shape index (κ3) is 3.61. The lowest BCUT2D eigenvalue weighted by atomic mass is 9.85. The number of hydrogen-bond acceptors (Lipinski definition) is 3. The molecule has 4 nitrogen and oxygen atoms in total. The molecule has 110 valence electrons. The van der Waals surface area contributed by atoms with Gasteiger partial charge in [-0.05, 0) is 39.9 Å². The van der Waals surface area contributed by atoms with Crippen LogP contribution in [0.2, 0.25) is 0 Å². The fourth-order valence-electron chi connectivity index (χ4n) is 2.21. The monoisotopic (exact) mass is 358 g/mol. The molecule has 6 heteroatoms. The summed E-state index contributed by atoms with van der Waals surface area (Å²) in [6.07, 6.45) is 0.784. The molecule has 20 heavy (non-hydrogen) atoms. The van der Waals surface area contributed by atoms with E-state index in [-0.39, 0.29) is 23.8 Å². The van der Waals surface area contributed by atoms with Gasteiger partial charge >= 0.3 is 0 Å². The third-order valence-corrected chi connectivity index (χ3v) is 5.00. The number of piperazine rings is 1. The first-order chi connectivity index (χ1) is 9.27. The maximum absolute atomic E-state index is 12.4. The summed E-state index contributed by atoms with van der Waals surface area (Å²) in [6.45, 7) is 6.66. The molecule has 2 rings (SSSR count). The lowest BCUT2D eigenvalue weighted by Gasteiger charge is -2.38. The Morgan fingerprint density at radius 1 is 1.40 bits per heavy atom. The Kier molecular flexibility index (Phi) is 4.54. The fourth-order valence-corrected chi connectivity index (χ4v) is 3.68. The fraction of sp³-hybridized carbons (Fsp3) is 0.571. The van der Waals surface area contributed by atoms with Gasteiger partial charge in [0.15, 0.2) is 0 Å². The Morgan fingerprint density at radius 3 is 2.65 bits per heavy atom. The van der Waals surface area contributed by atoms with Crippen LogP contribution in [0.3, 0.4) is 0 Å². The largest absolute Gasteiger partial charge is 0.342 e. The van der Waals surface area contributed by atoms with Gasteiger partial charge in [0.1, 0.15) is 6.04 Å². The predicted molar refractivity (Wildman–Crippen MR) is 83.7 cm³/mol. The quantitative estimate of drug-likeness (QED) is 0.901. The first-order valence-corrected chi connectivity index (χ1v) is 8.20. The molecular weight excluding hydrogens is 340 g/mol. The summed E-state index contributed by atoms with van der Waals surface area (Å²) in [7, 11) is 0. The van der Waals surface area contributed by atoms with E-state index in [0.717, 1.165) is 10.2 Å². The third-order valence-electron chi connectivity index (χ3n) is 3.32. The van der Waals surface area contributed by atoms with Crippen LogP contribution in [-0.2, 0) is 16.0 Å². The Balaban J connectivity index is 2.03. The van der Waals surface area contributed by atoms with E-state index >= 15 is 0 Å². The number of hydrogen-bond donors (Lipinski definition) is 1. The van der Waals surface area contributed by atoms with Crippen molar-refractivity contribution < 1.29 is 9.59 Å². The molecular formula is C14H19BrN2O2S. The number of rotatable bonds is 3. The summed E-state index contributed by atoms with van der Waals surface area (Å²) in [5, 5.41) is 2.80. The second kappa shape index (κ2) is 5.85. The molecule has 1 unspecified atom stereocenters. The van der Waals surface area contributed by atoms with E-state index in [2.05, 4.69) is 21.2 Å². The molecule has 1 fully saturated rings. The molecule has 0 bridgehead atoms. The molecule has 0 aliphatic carbocycles. The number of thiophene rings is 1. The average Bonchev–Trinajstić information content (AvgIpc) is 2.74. The maximum Gasteiger partial charge on any atom is 0.246 e. The summed E-state index contributed by atoms with van der Waals surface area (Å²) in [5.41, 5.74) is -0.266. The van der Waals surface area contributed by atoms with Crippen molar-refractivity contribution in [1.82, 2.24) is 10.2 Å². The van der Waals surface area contributed by atoms with E-state index in [4.69, 9.17) is 0 Å². The van der Waals surface area contributed by atoms with Crippen LogP contribution in [0.5, 0.6) is 0 Å². The second-order valence-electron chi connectivity index (χ2n) is 6.08. The molecule has 1 aromatic heterocycles.